The van der Waals surface area contributed by atoms with Gasteiger partial charge in [-0.2, -0.15) is 10.2 Å². The normalized spacial score (nSPS) is 14.0. The summed E-state index contributed by atoms with van der Waals surface area (Å²) in [5.74, 6) is 0.829. The molecule has 0 aromatic heterocycles. The zero-order valence-electron chi connectivity index (χ0n) is 14.5. The minimum atomic E-state index is 0.829. The molecule has 0 radical (unpaired) electrons. The molecule has 0 saturated heterocycles. The lowest BCUT2D eigenvalue weighted by molar-refractivity contribution is 0.415. The van der Waals surface area contributed by atoms with E-state index in [1.807, 2.05) is 24.3 Å². The molecule has 0 bridgehead atoms. The molecule has 1 heterocycles. The number of azo groups is 1. The zero-order chi connectivity index (χ0) is 16.8. The van der Waals surface area contributed by atoms with E-state index >= 15 is 0 Å². The SMILES string of the molecule is CCCCN1CCCc2cc(N=Nc3ccc(OC)cc3)ccc21. The van der Waals surface area contributed by atoms with Crippen LogP contribution in [0.4, 0.5) is 17.1 Å². The first-order valence-corrected chi connectivity index (χ1v) is 8.74. The van der Waals surface area contributed by atoms with E-state index in [2.05, 4.69) is 40.3 Å². The molecule has 126 valence electrons. The van der Waals surface area contributed by atoms with Crippen LogP contribution in [-0.4, -0.2) is 20.2 Å². The van der Waals surface area contributed by atoms with Gasteiger partial charge in [-0.25, -0.2) is 0 Å². The molecule has 0 fully saturated rings. The van der Waals surface area contributed by atoms with E-state index in [1.165, 1.54) is 37.1 Å². The summed E-state index contributed by atoms with van der Waals surface area (Å²) in [4.78, 5) is 2.51. The van der Waals surface area contributed by atoms with Crippen LogP contribution in [0.3, 0.4) is 0 Å². The summed E-state index contributed by atoms with van der Waals surface area (Å²) in [6, 6.07) is 14.1. The fourth-order valence-corrected chi connectivity index (χ4v) is 3.07. The Hall–Kier alpha value is -2.36. The van der Waals surface area contributed by atoms with Gasteiger partial charge in [0.1, 0.15) is 5.75 Å². The number of nitrogens with zero attached hydrogens (tertiary/aromatic N) is 3. The number of aryl methyl sites for hydroxylation is 1. The van der Waals surface area contributed by atoms with Gasteiger partial charge in [0, 0.05) is 18.8 Å². The molecule has 0 saturated carbocycles. The van der Waals surface area contributed by atoms with Crippen LogP contribution in [0.25, 0.3) is 0 Å². The molecule has 0 N–H and O–H groups in total. The highest BCUT2D eigenvalue weighted by atomic mass is 16.5. The highest BCUT2D eigenvalue weighted by Crippen LogP contribution is 2.31. The van der Waals surface area contributed by atoms with E-state index in [-0.39, 0.29) is 0 Å². The highest BCUT2D eigenvalue weighted by Gasteiger charge is 2.16. The Balaban J connectivity index is 1.74. The first kappa shape index (κ1) is 16.5. The van der Waals surface area contributed by atoms with E-state index in [0.717, 1.165) is 30.1 Å². The molecule has 0 atom stereocenters. The van der Waals surface area contributed by atoms with Gasteiger partial charge >= 0.3 is 0 Å². The van der Waals surface area contributed by atoms with Crippen molar-refractivity contribution in [2.45, 2.75) is 32.6 Å². The fraction of sp³-hybridized carbons (Fsp3) is 0.400. The smallest absolute Gasteiger partial charge is 0.119 e. The average molecular weight is 323 g/mol. The van der Waals surface area contributed by atoms with Crippen molar-refractivity contribution in [3.63, 3.8) is 0 Å². The molecule has 4 heteroatoms. The molecule has 2 aromatic carbocycles. The first-order valence-electron chi connectivity index (χ1n) is 8.74. The molecule has 0 aliphatic carbocycles. The van der Waals surface area contributed by atoms with Crippen molar-refractivity contribution < 1.29 is 4.74 Å². The largest absolute Gasteiger partial charge is 0.497 e. The third-order valence-electron chi connectivity index (χ3n) is 4.41. The number of rotatable bonds is 6. The molecule has 2 aromatic rings. The summed E-state index contributed by atoms with van der Waals surface area (Å²) in [6.45, 7) is 4.56. The second-order valence-electron chi connectivity index (χ2n) is 6.16. The Kier molecular flexibility index (Phi) is 5.47. The summed E-state index contributed by atoms with van der Waals surface area (Å²) in [5.41, 5.74) is 4.52. The van der Waals surface area contributed by atoms with E-state index in [0.29, 0.717) is 0 Å². The van der Waals surface area contributed by atoms with Crippen molar-refractivity contribution in [3.05, 3.63) is 48.0 Å². The van der Waals surface area contributed by atoms with Crippen LogP contribution >= 0.6 is 0 Å². The van der Waals surface area contributed by atoms with E-state index in [1.54, 1.807) is 7.11 Å². The van der Waals surface area contributed by atoms with Crippen molar-refractivity contribution >= 4 is 17.1 Å². The second-order valence-corrected chi connectivity index (χ2v) is 6.16. The quantitative estimate of drug-likeness (QED) is 0.643. The summed E-state index contributed by atoms with van der Waals surface area (Å²) in [6.07, 6.45) is 4.83. The molecular weight excluding hydrogens is 298 g/mol. The highest BCUT2D eigenvalue weighted by molar-refractivity contribution is 5.60. The molecule has 1 aliphatic rings. The van der Waals surface area contributed by atoms with Crippen molar-refractivity contribution in [2.24, 2.45) is 10.2 Å². The van der Waals surface area contributed by atoms with Crippen LogP contribution in [0.1, 0.15) is 31.7 Å². The predicted molar refractivity (Wildman–Crippen MR) is 99.1 cm³/mol. The van der Waals surface area contributed by atoms with E-state index < -0.39 is 0 Å². The van der Waals surface area contributed by atoms with Crippen molar-refractivity contribution in [1.29, 1.82) is 0 Å². The second kappa shape index (κ2) is 7.95. The number of ether oxygens (including phenoxy) is 1. The zero-order valence-corrected chi connectivity index (χ0v) is 14.5. The van der Waals surface area contributed by atoms with Gasteiger partial charge in [-0.3, -0.25) is 0 Å². The van der Waals surface area contributed by atoms with Gasteiger partial charge in [0.25, 0.3) is 0 Å². The van der Waals surface area contributed by atoms with Crippen molar-refractivity contribution in [1.82, 2.24) is 0 Å². The topological polar surface area (TPSA) is 37.2 Å². The van der Waals surface area contributed by atoms with Crippen LogP contribution in [0.2, 0.25) is 0 Å². The Morgan fingerprint density at radius 1 is 1.04 bits per heavy atom. The van der Waals surface area contributed by atoms with Crippen LogP contribution in [0, 0.1) is 0 Å². The Labute approximate surface area is 144 Å². The Morgan fingerprint density at radius 2 is 1.79 bits per heavy atom. The molecule has 24 heavy (non-hydrogen) atoms. The Bertz CT molecular complexity index is 695. The number of hydrogen-bond acceptors (Lipinski definition) is 4. The maximum atomic E-state index is 5.16. The molecule has 1 aliphatic heterocycles. The number of fused-ring (bicyclic) bond motifs is 1. The summed E-state index contributed by atoms with van der Waals surface area (Å²) in [7, 11) is 1.66. The minimum Gasteiger partial charge on any atom is -0.497 e. The molecule has 0 unspecified atom stereocenters. The van der Waals surface area contributed by atoms with Gasteiger partial charge in [-0.05, 0) is 67.3 Å². The third-order valence-corrected chi connectivity index (χ3v) is 4.41. The van der Waals surface area contributed by atoms with Gasteiger partial charge in [0.05, 0.1) is 18.5 Å². The van der Waals surface area contributed by atoms with E-state index in [9.17, 15) is 0 Å². The maximum Gasteiger partial charge on any atom is 0.119 e. The van der Waals surface area contributed by atoms with Gasteiger partial charge in [0.15, 0.2) is 0 Å². The number of methoxy groups -OCH3 is 1. The van der Waals surface area contributed by atoms with Crippen molar-refractivity contribution in [3.8, 4) is 5.75 Å². The fourth-order valence-electron chi connectivity index (χ4n) is 3.07. The monoisotopic (exact) mass is 323 g/mol. The molecule has 0 spiro atoms. The lowest BCUT2D eigenvalue weighted by Crippen LogP contribution is -2.30. The van der Waals surface area contributed by atoms with Crippen molar-refractivity contribution in [2.75, 3.05) is 25.1 Å². The average Bonchev–Trinajstić information content (AvgIpc) is 2.64. The summed E-state index contributed by atoms with van der Waals surface area (Å²) < 4.78 is 5.16. The number of anilines is 1. The predicted octanol–water partition coefficient (Wildman–Crippen LogP) is 5.66. The van der Waals surface area contributed by atoms with E-state index in [4.69, 9.17) is 4.74 Å². The van der Waals surface area contributed by atoms with Gasteiger partial charge in [0.2, 0.25) is 0 Å². The van der Waals surface area contributed by atoms with Crippen LogP contribution in [0.5, 0.6) is 5.75 Å². The lowest BCUT2D eigenvalue weighted by Gasteiger charge is -2.31. The number of benzene rings is 2. The lowest BCUT2D eigenvalue weighted by atomic mass is 10.0. The minimum absolute atomic E-state index is 0.829. The van der Waals surface area contributed by atoms with Gasteiger partial charge < -0.3 is 9.64 Å². The maximum absolute atomic E-state index is 5.16. The number of hydrogen-bond donors (Lipinski definition) is 0. The molecule has 3 rings (SSSR count). The first-order chi connectivity index (χ1) is 11.8. The summed E-state index contributed by atoms with van der Waals surface area (Å²) >= 11 is 0. The van der Waals surface area contributed by atoms with Crippen LogP contribution in [0.15, 0.2) is 52.7 Å². The number of unbranched alkanes of at least 4 members (excludes halogenated alkanes) is 1. The summed E-state index contributed by atoms with van der Waals surface area (Å²) in [5, 5.41) is 8.72. The molecular formula is C20H25N3O. The van der Waals surface area contributed by atoms with Crippen LogP contribution in [-0.2, 0) is 6.42 Å². The van der Waals surface area contributed by atoms with Crippen LogP contribution < -0.4 is 9.64 Å². The third kappa shape index (κ3) is 3.94. The van der Waals surface area contributed by atoms with Gasteiger partial charge in [-0.1, -0.05) is 13.3 Å². The Morgan fingerprint density at radius 3 is 2.54 bits per heavy atom. The molecule has 0 amide bonds. The standard InChI is InChI=1S/C20H25N3O/c1-3-4-13-23-14-5-6-16-15-18(9-12-20(16)23)22-21-17-7-10-19(24-2)11-8-17/h7-12,15H,3-6,13-14H2,1-2H3. The van der Waals surface area contributed by atoms with Gasteiger partial charge in [-0.15, -0.1) is 0 Å². The molecule has 4 nitrogen and oxygen atoms in total.